The first-order chi connectivity index (χ1) is 32.0. The van der Waals surface area contributed by atoms with E-state index in [-0.39, 0.29) is 11.9 Å². The van der Waals surface area contributed by atoms with Gasteiger partial charge in [0.05, 0.1) is 13.2 Å². The van der Waals surface area contributed by atoms with Gasteiger partial charge < -0.3 is 19.3 Å². The first-order valence-electron chi connectivity index (χ1n) is 28.8. The van der Waals surface area contributed by atoms with Crippen LogP contribution in [0.4, 0.5) is 0 Å². The van der Waals surface area contributed by atoms with Gasteiger partial charge in [-0.2, -0.15) is 0 Å². The van der Waals surface area contributed by atoms with Gasteiger partial charge in [-0.25, -0.2) is 0 Å². The molecule has 6 nitrogen and oxygen atoms in total. The minimum absolute atomic E-state index is 0.158. The van der Waals surface area contributed by atoms with Crippen molar-refractivity contribution in [2.45, 2.75) is 259 Å². The lowest BCUT2D eigenvalue weighted by Crippen LogP contribution is -2.35. The molecule has 2 aliphatic rings. The molecule has 0 aliphatic carbocycles. The van der Waals surface area contributed by atoms with Crippen LogP contribution in [0.25, 0.3) is 0 Å². The second kappa shape index (κ2) is 44.7. The zero-order valence-electron chi connectivity index (χ0n) is 43.8. The molecule has 0 bridgehead atoms. The van der Waals surface area contributed by atoms with Crippen molar-refractivity contribution in [3.8, 4) is 0 Å². The largest absolute Gasteiger partial charge is 0.466 e. The molecule has 2 atom stereocenters. The molecule has 383 valence electrons. The number of nitrogens with zero attached hydrogens (tertiary/aromatic N) is 2. The lowest BCUT2D eigenvalue weighted by molar-refractivity contribution is -0.146. The molecular formula is C57H109N2O4S2. The Kier molecular flexibility index (Phi) is 41.8. The van der Waals surface area contributed by atoms with Crippen molar-refractivity contribution in [2.24, 2.45) is 23.7 Å². The predicted molar refractivity (Wildman–Crippen MR) is 287 cm³/mol. The Labute approximate surface area is 413 Å². The highest BCUT2D eigenvalue weighted by molar-refractivity contribution is 8.76. The van der Waals surface area contributed by atoms with Crippen LogP contribution in [0, 0.1) is 30.1 Å². The van der Waals surface area contributed by atoms with E-state index in [2.05, 4.69) is 65.5 Å². The molecule has 0 aromatic heterocycles. The summed E-state index contributed by atoms with van der Waals surface area (Å²) >= 11 is 0. The van der Waals surface area contributed by atoms with E-state index < -0.39 is 0 Å². The quantitative estimate of drug-likeness (QED) is 0.0340. The van der Waals surface area contributed by atoms with E-state index in [1.54, 1.807) is 0 Å². The van der Waals surface area contributed by atoms with Gasteiger partial charge in [0, 0.05) is 24.3 Å². The molecule has 0 saturated carbocycles. The summed E-state index contributed by atoms with van der Waals surface area (Å²) in [6, 6.07) is 0. The van der Waals surface area contributed by atoms with Crippen LogP contribution in [0.5, 0.6) is 0 Å². The highest BCUT2D eigenvalue weighted by Crippen LogP contribution is 2.29. The Morgan fingerprint density at radius 2 is 0.954 bits per heavy atom. The second-order valence-electron chi connectivity index (χ2n) is 20.7. The fraction of sp³-hybridized carbons (Fsp3) is 0.947. The maximum Gasteiger partial charge on any atom is 0.305 e. The van der Waals surface area contributed by atoms with E-state index >= 15 is 0 Å². The van der Waals surface area contributed by atoms with Crippen molar-refractivity contribution in [1.82, 2.24) is 9.80 Å². The molecule has 1 radical (unpaired) electrons. The number of rotatable bonds is 46. The third-order valence-electron chi connectivity index (χ3n) is 14.8. The van der Waals surface area contributed by atoms with Crippen molar-refractivity contribution in [2.75, 3.05) is 64.0 Å². The molecule has 0 spiro atoms. The van der Waals surface area contributed by atoms with Crippen LogP contribution in [-0.2, 0) is 19.1 Å². The van der Waals surface area contributed by atoms with E-state index in [4.69, 9.17) is 9.47 Å². The van der Waals surface area contributed by atoms with E-state index in [1.165, 1.54) is 243 Å². The van der Waals surface area contributed by atoms with Crippen LogP contribution in [0.2, 0.25) is 0 Å². The molecule has 2 unspecified atom stereocenters. The molecule has 2 aliphatic heterocycles. The predicted octanol–water partition coefficient (Wildman–Crippen LogP) is 16.9. The number of carbonyl (C=O) groups is 2. The van der Waals surface area contributed by atoms with Crippen molar-refractivity contribution >= 4 is 33.5 Å². The third kappa shape index (κ3) is 36.2. The van der Waals surface area contributed by atoms with Gasteiger partial charge in [0.1, 0.15) is 0 Å². The number of piperidine rings is 2. The maximum absolute atomic E-state index is 12.5. The summed E-state index contributed by atoms with van der Waals surface area (Å²) in [6.07, 6.45) is 47.6. The second-order valence-corrected chi connectivity index (χ2v) is 23.4. The monoisotopic (exact) mass is 950 g/mol. The molecule has 2 rings (SSSR count). The Hall–Kier alpha value is -0.440. The van der Waals surface area contributed by atoms with Crippen LogP contribution in [0.1, 0.15) is 259 Å². The highest BCUT2D eigenvalue weighted by Gasteiger charge is 2.21. The number of hydrogen-bond acceptors (Lipinski definition) is 8. The standard InChI is InChI=1S/C57H109N2O4S2/c1-5-9-13-17-19-23-30-52(29-21-15-11-7-3)33-25-34-53-37-44-58(45-38-53)42-27-49-64-65-50-28-43-59-46-39-54(40-47-59)41-48-62-56(60)35-26-36-57(61)63-51-55(31-22-16-12-8-4)32-24-20-18-14-10-6-2/h19,52-55H,5-18,20-51H2,1-4H3. The van der Waals surface area contributed by atoms with Gasteiger partial charge in [-0.05, 0) is 140 Å². The SMILES string of the molecule is CCCCC[CH]CCC(CCCCCC)CCCC1CCN(CCCSSCCCN2CCC(CCOC(=O)CCCC(=O)OCC(CCCCCC)CCCCCCCC)CC2)CC1. The molecule has 0 aromatic rings. The lowest BCUT2D eigenvalue weighted by Gasteiger charge is -2.32. The molecule has 2 saturated heterocycles. The number of esters is 2. The molecule has 2 fully saturated rings. The Balaban J connectivity index is 1.41. The summed E-state index contributed by atoms with van der Waals surface area (Å²) in [4.78, 5) is 30.3. The zero-order chi connectivity index (χ0) is 46.7. The molecule has 65 heavy (non-hydrogen) atoms. The smallest absolute Gasteiger partial charge is 0.305 e. The normalized spacial score (nSPS) is 16.6. The van der Waals surface area contributed by atoms with E-state index in [0.29, 0.717) is 44.3 Å². The van der Waals surface area contributed by atoms with Crippen molar-refractivity contribution in [3.05, 3.63) is 6.42 Å². The van der Waals surface area contributed by atoms with Gasteiger partial charge in [0.2, 0.25) is 0 Å². The zero-order valence-corrected chi connectivity index (χ0v) is 45.4. The molecule has 0 aromatic carbocycles. The Bertz CT molecular complexity index is 1050. The number of ether oxygens (including phenoxy) is 2. The van der Waals surface area contributed by atoms with Crippen molar-refractivity contribution in [3.63, 3.8) is 0 Å². The number of likely N-dealkylation sites (tertiary alicyclic amines) is 2. The summed E-state index contributed by atoms with van der Waals surface area (Å²) in [7, 11) is 4.18. The van der Waals surface area contributed by atoms with Gasteiger partial charge in [-0.3, -0.25) is 9.59 Å². The molecule has 8 heteroatoms. The fourth-order valence-electron chi connectivity index (χ4n) is 10.3. The lowest BCUT2D eigenvalue weighted by atomic mass is 9.86. The fourth-order valence-corrected chi connectivity index (χ4v) is 12.4. The van der Waals surface area contributed by atoms with Crippen LogP contribution in [0.3, 0.4) is 0 Å². The summed E-state index contributed by atoms with van der Waals surface area (Å²) in [6.45, 7) is 17.7. The number of hydrogen-bond donors (Lipinski definition) is 0. The topological polar surface area (TPSA) is 59.1 Å². The third-order valence-corrected chi connectivity index (χ3v) is 17.4. The molecule has 0 amide bonds. The van der Waals surface area contributed by atoms with Crippen LogP contribution in [-0.4, -0.2) is 85.7 Å². The van der Waals surface area contributed by atoms with Crippen LogP contribution >= 0.6 is 21.6 Å². The van der Waals surface area contributed by atoms with Gasteiger partial charge >= 0.3 is 11.9 Å². The Morgan fingerprint density at radius 3 is 1.52 bits per heavy atom. The first-order valence-corrected chi connectivity index (χ1v) is 31.3. The van der Waals surface area contributed by atoms with Gasteiger partial charge in [-0.15, -0.1) is 0 Å². The van der Waals surface area contributed by atoms with Crippen molar-refractivity contribution in [1.29, 1.82) is 0 Å². The van der Waals surface area contributed by atoms with E-state index in [9.17, 15) is 9.59 Å². The maximum atomic E-state index is 12.5. The summed E-state index contributed by atoms with van der Waals surface area (Å²) in [5.74, 6) is 5.27. The first kappa shape index (κ1) is 60.7. The molecule has 0 N–H and O–H groups in total. The minimum Gasteiger partial charge on any atom is -0.466 e. The average Bonchev–Trinajstić information content (AvgIpc) is 3.31. The summed E-state index contributed by atoms with van der Waals surface area (Å²) in [5, 5.41) is 0. The van der Waals surface area contributed by atoms with Crippen LogP contribution in [0.15, 0.2) is 0 Å². The van der Waals surface area contributed by atoms with Gasteiger partial charge in [0.25, 0.3) is 0 Å². The summed E-state index contributed by atoms with van der Waals surface area (Å²) < 4.78 is 11.3. The highest BCUT2D eigenvalue weighted by atomic mass is 33.1. The van der Waals surface area contributed by atoms with E-state index in [1.807, 2.05) is 0 Å². The average molecular weight is 951 g/mol. The minimum atomic E-state index is -0.169. The summed E-state index contributed by atoms with van der Waals surface area (Å²) in [5.41, 5.74) is 0. The van der Waals surface area contributed by atoms with E-state index in [0.717, 1.165) is 31.1 Å². The van der Waals surface area contributed by atoms with Gasteiger partial charge in [0.15, 0.2) is 0 Å². The van der Waals surface area contributed by atoms with Crippen LogP contribution < -0.4 is 0 Å². The number of unbranched alkanes of at least 4 members (excludes halogenated alkanes) is 16. The molecule has 2 heterocycles. The number of carbonyl (C=O) groups excluding carboxylic acids is 2. The Morgan fingerprint density at radius 1 is 0.492 bits per heavy atom. The molecular weight excluding hydrogens is 841 g/mol. The van der Waals surface area contributed by atoms with Gasteiger partial charge in [-0.1, -0.05) is 197 Å². The van der Waals surface area contributed by atoms with Crippen molar-refractivity contribution < 1.29 is 19.1 Å².